The van der Waals surface area contributed by atoms with Crippen molar-refractivity contribution in [1.82, 2.24) is 14.7 Å². The molecule has 10 heteroatoms. The van der Waals surface area contributed by atoms with E-state index in [9.17, 15) is 22.8 Å². The summed E-state index contributed by atoms with van der Waals surface area (Å²) in [6, 6.07) is 3.31. The fraction of sp³-hybridized carbons (Fsp3) is 0.619. The number of nitrogens with one attached hydrogen (secondary N) is 1. The Hall–Kier alpha value is -1.84. The molecule has 0 spiro atoms. The number of carbonyl (C=O) groups is 2. The number of rotatable bonds is 5. The molecule has 2 amide bonds. The molecule has 2 heterocycles. The van der Waals surface area contributed by atoms with Gasteiger partial charge >= 0.3 is 6.18 Å². The zero-order chi connectivity index (χ0) is 22.4. The lowest BCUT2D eigenvalue weighted by Crippen LogP contribution is -2.51. The first-order valence-electron chi connectivity index (χ1n) is 10.6. The Morgan fingerprint density at radius 2 is 1.48 bits per heavy atom. The van der Waals surface area contributed by atoms with E-state index in [1.165, 1.54) is 18.9 Å². The molecule has 0 radical (unpaired) electrons. The van der Waals surface area contributed by atoms with Gasteiger partial charge in [0.2, 0.25) is 11.8 Å². The van der Waals surface area contributed by atoms with E-state index in [1.54, 1.807) is 0 Å². The molecule has 2 saturated heterocycles. The summed E-state index contributed by atoms with van der Waals surface area (Å²) < 4.78 is 38.9. The monoisotopic (exact) mass is 460 g/mol. The van der Waals surface area contributed by atoms with Gasteiger partial charge in [0.15, 0.2) is 0 Å². The summed E-state index contributed by atoms with van der Waals surface area (Å²) in [5, 5.41) is 2.10. The summed E-state index contributed by atoms with van der Waals surface area (Å²) in [6.45, 7) is 4.73. The predicted octanol–water partition coefficient (Wildman–Crippen LogP) is 3.32. The van der Waals surface area contributed by atoms with Gasteiger partial charge < -0.3 is 10.2 Å². The maximum Gasteiger partial charge on any atom is 0.417 e. The highest BCUT2D eigenvalue weighted by atomic mass is 35.5. The highest BCUT2D eigenvalue weighted by Gasteiger charge is 2.33. The molecule has 0 aromatic heterocycles. The van der Waals surface area contributed by atoms with Crippen LogP contribution in [0.25, 0.3) is 0 Å². The molecule has 0 unspecified atom stereocenters. The molecule has 0 aliphatic carbocycles. The van der Waals surface area contributed by atoms with Gasteiger partial charge in [-0.25, -0.2) is 0 Å². The molecule has 0 bridgehead atoms. The number of likely N-dealkylation sites (tertiary alicyclic amines) is 1. The number of hydrogen-bond donors (Lipinski definition) is 1. The third-order valence-corrected chi connectivity index (χ3v) is 6.03. The maximum absolute atomic E-state index is 13.0. The van der Waals surface area contributed by atoms with Gasteiger partial charge in [0.1, 0.15) is 0 Å². The summed E-state index contributed by atoms with van der Waals surface area (Å²) in [4.78, 5) is 30.8. The number of piperazine rings is 1. The van der Waals surface area contributed by atoms with E-state index in [-0.39, 0.29) is 24.0 Å². The minimum absolute atomic E-state index is 0.0587. The minimum Gasteiger partial charge on any atom is -0.342 e. The average molecular weight is 461 g/mol. The number of alkyl halides is 3. The number of benzene rings is 1. The number of anilines is 1. The summed E-state index contributed by atoms with van der Waals surface area (Å²) in [5.41, 5.74) is -0.918. The van der Waals surface area contributed by atoms with Gasteiger partial charge in [0.05, 0.1) is 23.7 Å². The van der Waals surface area contributed by atoms with Crippen molar-refractivity contribution >= 4 is 29.1 Å². The standard InChI is InChI=1S/C21H28ClF3N4O2/c22-18-6-5-16(13-17(18)21(23,24)25)26-19(30)14-27-9-11-28(12-10-27)15-20(31)29-7-3-1-2-4-8-29/h5-6,13H,1-4,7-12,14-15H2,(H,26,30). The largest absolute Gasteiger partial charge is 0.417 e. The normalized spacial score (nSPS) is 19.2. The van der Waals surface area contributed by atoms with Crippen molar-refractivity contribution in [2.45, 2.75) is 31.9 Å². The molecular formula is C21H28ClF3N4O2. The van der Waals surface area contributed by atoms with Gasteiger partial charge in [-0.2, -0.15) is 13.2 Å². The molecule has 0 atom stereocenters. The molecule has 1 N–H and O–H groups in total. The third kappa shape index (κ3) is 7.08. The van der Waals surface area contributed by atoms with Crippen LogP contribution >= 0.6 is 11.6 Å². The summed E-state index contributed by atoms with van der Waals surface area (Å²) in [7, 11) is 0. The van der Waals surface area contributed by atoms with E-state index < -0.39 is 16.8 Å². The molecular weight excluding hydrogens is 433 g/mol. The van der Waals surface area contributed by atoms with Gasteiger partial charge in [-0.15, -0.1) is 0 Å². The van der Waals surface area contributed by atoms with Crippen LogP contribution in [0.15, 0.2) is 18.2 Å². The van der Waals surface area contributed by atoms with Crippen LogP contribution in [0.2, 0.25) is 5.02 Å². The third-order valence-electron chi connectivity index (χ3n) is 5.71. The summed E-state index contributed by atoms with van der Waals surface area (Å²) in [5.74, 6) is -0.221. The summed E-state index contributed by atoms with van der Waals surface area (Å²) in [6.07, 6.45) is -0.103. The van der Waals surface area contributed by atoms with Gasteiger partial charge in [-0.1, -0.05) is 24.4 Å². The van der Waals surface area contributed by atoms with Crippen molar-refractivity contribution in [3.05, 3.63) is 28.8 Å². The van der Waals surface area contributed by atoms with Gasteiger partial charge in [-0.3, -0.25) is 19.4 Å². The second-order valence-corrected chi connectivity index (χ2v) is 8.50. The molecule has 3 rings (SSSR count). The van der Waals surface area contributed by atoms with Crippen LogP contribution in [0, 0.1) is 0 Å². The van der Waals surface area contributed by atoms with E-state index >= 15 is 0 Å². The van der Waals surface area contributed by atoms with E-state index in [0.29, 0.717) is 32.7 Å². The first kappa shape index (κ1) is 23.8. The van der Waals surface area contributed by atoms with Crippen molar-refractivity contribution in [2.24, 2.45) is 0 Å². The fourth-order valence-electron chi connectivity index (χ4n) is 3.94. The quantitative estimate of drug-likeness (QED) is 0.732. The Balaban J connectivity index is 1.43. The lowest BCUT2D eigenvalue weighted by molar-refractivity contribution is -0.137. The fourth-order valence-corrected chi connectivity index (χ4v) is 4.17. The van der Waals surface area contributed by atoms with Crippen LogP contribution in [0.5, 0.6) is 0 Å². The van der Waals surface area contributed by atoms with Crippen molar-refractivity contribution in [2.75, 3.05) is 57.7 Å². The molecule has 172 valence electrons. The van der Waals surface area contributed by atoms with Crippen molar-refractivity contribution in [3.8, 4) is 0 Å². The molecule has 2 aliphatic rings. The number of nitrogens with zero attached hydrogens (tertiary/aromatic N) is 3. The van der Waals surface area contributed by atoms with Gasteiger partial charge in [-0.05, 0) is 31.0 Å². The average Bonchev–Trinajstić information content (AvgIpc) is 3.00. The lowest BCUT2D eigenvalue weighted by Gasteiger charge is -2.35. The SMILES string of the molecule is O=C(CN1CCN(CC(=O)N2CCCCCC2)CC1)Nc1ccc(Cl)c(C(F)(F)F)c1. The van der Waals surface area contributed by atoms with E-state index in [1.807, 2.05) is 9.80 Å². The molecule has 0 saturated carbocycles. The van der Waals surface area contributed by atoms with Crippen LogP contribution < -0.4 is 5.32 Å². The van der Waals surface area contributed by atoms with E-state index in [2.05, 4.69) is 10.2 Å². The van der Waals surface area contributed by atoms with Crippen LogP contribution in [0.4, 0.5) is 18.9 Å². The molecule has 2 aliphatic heterocycles. The second kappa shape index (κ2) is 10.7. The Morgan fingerprint density at radius 1 is 0.903 bits per heavy atom. The van der Waals surface area contributed by atoms with Crippen molar-refractivity contribution in [3.63, 3.8) is 0 Å². The zero-order valence-electron chi connectivity index (χ0n) is 17.4. The van der Waals surface area contributed by atoms with Crippen molar-refractivity contribution < 1.29 is 22.8 Å². The van der Waals surface area contributed by atoms with Gasteiger partial charge in [0, 0.05) is 45.0 Å². The Bertz CT molecular complexity index is 774. The molecule has 6 nitrogen and oxygen atoms in total. The first-order valence-corrected chi connectivity index (χ1v) is 11.0. The van der Waals surface area contributed by atoms with E-state index in [0.717, 1.165) is 38.1 Å². The zero-order valence-corrected chi connectivity index (χ0v) is 18.1. The molecule has 31 heavy (non-hydrogen) atoms. The highest BCUT2D eigenvalue weighted by Crippen LogP contribution is 2.36. The lowest BCUT2D eigenvalue weighted by atomic mass is 10.2. The second-order valence-electron chi connectivity index (χ2n) is 8.09. The first-order chi connectivity index (χ1) is 14.7. The molecule has 2 fully saturated rings. The van der Waals surface area contributed by atoms with Crippen LogP contribution in [-0.4, -0.2) is 78.9 Å². The van der Waals surface area contributed by atoms with Crippen LogP contribution in [-0.2, 0) is 15.8 Å². The Morgan fingerprint density at radius 3 is 2.06 bits per heavy atom. The Labute approximate surface area is 185 Å². The smallest absolute Gasteiger partial charge is 0.342 e. The van der Waals surface area contributed by atoms with E-state index in [4.69, 9.17) is 11.6 Å². The molecule has 1 aromatic carbocycles. The molecule has 1 aromatic rings. The minimum atomic E-state index is -4.58. The topological polar surface area (TPSA) is 55.9 Å². The number of hydrogen-bond acceptors (Lipinski definition) is 4. The van der Waals surface area contributed by atoms with Crippen LogP contribution in [0.3, 0.4) is 0 Å². The summed E-state index contributed by atoms with van der Waals surface area (Å²) >= 11 is 5.61. The number of amides is 2. The van der Waals surface area contributed by atoms with Gasteiger partial charge in [0.25, 0.3) is 0 Å². The predicted molar refractivity (Wildman–Crippen MR) is 113 cm³/mol. The highest BCUT2D eigenvalue weighted by molar-refractivity contribution is 6.31. The number of halogens is 4. The Kier molecular flexibility index (Phi) is 8.18. The van der Waals surface area contributed by atoms with Crippen molar-refractivity contribution in [1.29, 1.82) is 0 Å². The maximum atomic E-state index is 13.0. The number of carbonyl (C=O) groups excluding carboxylic acids is 2. The van der Waals surface area contributed by atoms with Crippen LogP contribution in [0.1, 0.15) is 31.2 Å².